The fourth-order valence-electron chi connectivity index (χ4n) is 3.62. The second kappa shape index (κ2) is 18.1. The zero-order valence-electron chi connectivity index (χ0n) is 17.0. The van der Waals surface area contributed by atoms with E-state index in [1.165, 1.54) is 116 Å². The molecule has 0 spiro atoms. The van der Waals surface area contributed by atoms with Crippen LogP contribution in [0, 0.1) is 0 Å². The SMILES string of the molecule is CCCCCCCCCCCCCCCCCCCCC1OC=CO1. The molecule has 1 heterocycles. The molecule has 0 radical (unpaired) electrons. The van der Waals surface area contributed by atoms with Gasteiger partial charge in [-0.05, 0) is 6.42 Å². The Morgan fingerprint density at radius 3 is 1.16 bits per heavy atom. The van der Waals surface area contributed by atoms with Crippen LogP contribution in [-0.2, 0) is 9.47 Å². The molecular formula is C23H44O2. The van der Waals surface area contributed by atoms with Crippen LogP contribution in [0.4, 0.5) is 0 Å². The van der Waals surface area contributed by atoms with Gasteiger partial charge in [0.15, 0.2) is 0 Å². The van der Waals surface area contributed by atoms with Gasteiger partial charge in [0.25, 0.3) is 0 Å². The molecule has 0 aromatic carbocycles. The monoisotopic (exact) mass is 352 g/mol. The minimum absolute atomic E-state index is 0.000980. The third-order valence-corrected chi connectivity index (χ3v) is 5.31. The highest BCUT2D eigenvalue weighted by Gasteiger charge is 2.10. The first-order valence-corrected chi connectivity index (χ1v) is 11.4. The van der Waals surface area contributed by atoms with Crippen LogP contribution in [0.2, 0.25) is 0 Å². The van der Waals surface area contributed by atoms with Crippen LogP contribution in [0.25, 0.3) is 0 Å². The molecule has 148 valence electrons. The van der Waals surface area contributed by atoms with E-state index in [1.54, 1.807) is 12.5 Å². The first kappa shape index (κ1) is 22.4. The van der Waals surface area contributed by atoms with Crippen molar-refractivity contribution in [2.75, 3.05) is 0 Å². The zero-order valence-corrected chi connectivity index (χ0v) is 17.0. The van der Waals surface area contributed by atoms with Gasteiger partial charge in [-0.25, -0.2) is 0 Å². The van der Waals surface area contributed by atoms with Gasteiger partial charge >= 0.3 is 0 Å². The van der Waals surface area contributed by atoms with Gasteiger partial charge in [-0.1, -0.05) is 116 Å². The molecule has 0 unspecified atom stereocenters. The van der Waals surface area contributed by atoms with Gasteiger partial charge in [0.1, 0.15) is 12.5 Å². The molecule has 0 fully saturated rings. The molecule has 0 amide bonds. The van der Waals surface area contributed by atoms with Crippen LogP contribution in [0.1, 0.15) is 129 Å². The molecule has 0 aliphatic carbocycles. The highest BCUT2D eigenvalue weighted by atomic mass is 16.7. The van der Waals surface area contributed by atoms with E-state index in [4.69, 9.17) is 9.47 Å². The summed E-state index contributed by atoms with van der Waals surface area (Å²) in [4.78, 5) is 0. The van der Waals surface area contributed by atoms with E-state index < -0.39 is 0 Å². The number of unbranched alkanes of at least 4 members (excludes halogenated alkanes) is 17. The predicted octanol–water partition coefficient (Wildman–Crippen LogP) is 8.26. The first-order chi connectivity index (χ1) is 12.4. The van der Waals surface area contributed by atoms with E-state index >= 15 is 0 Å². The fourth-order valence-corrected chi connectivity index (χ4v) is 3.62. The van der Waals surface area contributed by atoms with Crippen molar-refractivity contribution in [3.63, 3.8) is 0 Å². The number of hydrogen-bond donors (Lipinski definition) is 0. The number of rotatable bonds is 19. The molecule has 0 N–H and O–H groups in total. The Morgan fingerprint density at radius 2 is 0.800 bits per heavy atom. The van der Waals surface area contributed by atoms with Crippen LogP contribution in [0.5, 0.6) is 0 Å². The van der Waals surface area contributed by atoms with Gasteiger partial charge < -0.3 is 9.47 Å². The third-order valence-electron chi connectivity index (χ3n) is 5.31. The Balaban J connectivity index is 1.63. The highest BCUT2D eigenvalue weighted by molar-refractivity contribution is 4.70. The van der Waals surface area contributed by atoms with E-state index in [-0.39, 0.29) is 6.29 Å². The molecule has 0 saturated heterocycles. The molecule has 0 atom stereocenters. The molecular weight excluding hydrogens is 308 g/mol. The minimum Gasteiger partial charge on any atom is -0.459 e. The van der Waals surface area contributed by atoms with Crippen LogP contribution < -0.4 is 0 Å². The molecule has 1 aliphatic heterocycles. The van der Waals surface area contributed by atoms with Gasteiger partial charge in [0.05, 0.1) is 0 Å². The van der Waals surface area contributed by atoms with Crippen molar-refractivity contribution >= 4 is 0 Å². The Labute approximate surface area is 157 Å². The highest BCUT2D eigenvalue weighted by Crippen LogP contribution is 2.16. The van der Waals surface area contributed by atoms with Gasteiger partial charge in [0, 0.05) is 6.42 Å². The fraction of sp³-hybridized carbons (Fsp3) is 0.913. The summed E-state index contributed by atoms with van der Waals surface area (Å²) >= 11 is 0. The van der Waals surface area contributed by atoms with Gasteiger partial charge in [-0.15, -0.1) is 0 Å². The van der Waals surface area contributed by atoms with Crippen molar-refractivity contribution in [3.05, 3.63) is 12.5 Å². The Bertz CT molecular complexity index is 280. The summed E-state index contributed by atoms with van der Waals surface area (Å²) in [6, 6.07) is 0. The molecule has 1 aliphatic rings. The summed E-state index contributed by atoms with van der Waals surface area (Å²) < 4.78 is 10.6. The zero-order chi connectivity index (χ0) is 17.8. The summed E-state index contributed by atoms with van der Waals surface area (Å²) in [6.07, 6.45) is 30.0. The minimum atomic E-state index is 0.000980. The van der Waals surface area contributed by atoms with Crippen molar-refractivity contribution in [3.8, 4) is 0 Å². The topological polar surface area (TPSA) is 18.5 Å². The van der Waals surface area contributed by atoms with E-state index in [9.17, 15) is 0 Å². The summed E-state index contributed by atoms with van der Waals surface area (Å²) in [7, 11) is 0. The Morgan fingerprint density at radius 1 is 0.480 bits per heavy atom. The summed E-state index contributed by atoms with van der Waals surface area (Å²) in [5, 5.41) is 0. The smallest absolute Gasteiger partial charge is 0.239 e. The maximum atomic E-state index is 5.28. The van der Waals surface area contributed by atoms with E-state index in [0.717, 1.165) is 6.42 Å². The van der Waals surface area contributed by atoms with Crippen LogP contribution in [0.15, 0.2) is 12.5 Å². The average molecular weight is 353 g/mol. The lowest BCUT2D eigenvalue weighted by atomic mass is 10.0. The van der Waals surface area contributed by atoms with Gasteiger partial charge in [0.2, 0.25) is 6.29 Å². The normalized spacial score (nSPS) is 14.0. The van der Waals surface area contributed by atoms with E-state index in [2.05, 4.69) is 6.92 Å². The maximum absolute atomic E-state index is 5.28. The van der Waals surface area contributed by atoms with Crippen LogP contribution in [-0.4, -0.2) is 6.29 Å². The predicted molar refractivity (Wildman–Crippen MR) is 108 cm³/mol. The van der Waals surface area contributed by atoms with Crippen molar-refractivity contribution in [2.24, 2.45) is 0 Å². The molecule has 0 aromatic heterocycles. The lowest BCUT2D eigenvalue weighted by Crippen LogP contribution is -2.06. The first-order valence-electron chi connectivity index (χ1n) is 11.4. The largest absolute Gasteiger partial charge is 0.459 e. The average Bonchev–Trinajstić information content (AvgIpc) is 3.14. The maximum Gasteiger partial charge on any atom is 0.239 e. The van der Waals surface area contributed by atoms with Gasteiger partial charge in [-0.2, -0.15) is 0 Å². The van der Waals surface area contributed by atoms with E-state index in [1.807, 2.05) is 0 Å². The number of ether oxygens (including phenoxy) is 2. The second-order valence-electron chi connectivity index (χ2n) is 7.77. The van der Waals surface area contributed by atoms with Crippen molar-refractivity contribution < 1.29 is 9.47 Å². The van der Waals surface area contributed by atoms with Crippen LogP contribution >= 0.6 is 0 Å². The molecule has 0 aromatic rings. The lowest BCUT2D eigenvalue weighted by Gasteiger charge is -2.09. The summed E-state index contributed by atoms with van der Waals surface area (Å²) in [5.74, 6) is 0. The Hall–Kier alpha value is -0.660. The van der Waals surface area contributed by atoms with Crippen LogP contribution in [0.3, 0.4) is 0 Å². The van der Waals surface area contributed by atoms with Crippen molar-refractivity contribution in [1.82, 2.24) is 0 Å². The van der Waals surface area contributed by atoms with Gasteiger partial charge in [-0.3, -0.25) is 0 Å². The molecule has 2 heteroatoms. The standard InChI is InChI=1S/C23H44O2/c1-2-3-4-5-6-7-8-9-10-11-12-13-14-15-16-17-18-19-20-23-24-21-22-25-23/h21-23H,2-20H2,1H3. The number of hydrogen-bond acceptors (Lipinski definition) is 2. The second-order valence-corrected chi connectivity index (χ2v) is 7.77. The molecule has 2 nitrogen and oxygen atoms in total. The quantitative estimate of drug-likeness (QED) is 0.218. The molecule has 25 heavy (non-hydrogen) atoms. The third kappa shape index (κ3) is 15.3. The molecule has 0 bridgehead atoms. The van der Waals surface area contributed by atoms with E-state index in [0.29, 0.717) is 0 Å². The molecule has 0 saturated carbocycles. The summed E-state index contributed by atoms with van der Waals surface area (Å²) in [5.41, 5.74) is 0. The van der Waals surface area contributed by atoms with Crippen molar-refractivity contribution in [2.45, 2.75) is 135 Å². The molecule has 1 rings (SSSR count). The van der Waals surface area contributed by atoms with Crippen molar-refractivity contribution in [1.29, 1.82) is 0 Å². The Kier molecular flexibility index (Phi) is 16.2. The summed E-state index contributed by atoms with van der Waals surface area (Å²) in [6.45, 7) is 2.29. The lowest BCUT2D eigenvalue weighted by molar-refractivity contribution is -0.0295.